The van der Waals surface area contributed by atoms with Gasteiger partial charge in [-0.15, -0.1) is 0 Å². The average Bonchev–Trinajstić information content (AvgIpc) is 3.14. The predicted octanol–water partition coefficient (Wildman–Crippen LogP) is 4.04. The number of para-hydroxylation sites is 1. The van der Waals surface area contributed by atoms with Gasteiger partial charge in [0.2, 0.25) is 5.95 Å². The first-order chi connectivity index (χ1) is 17.9. The number of aliphatic hydroxyl groups is 2. The molecule has 0 amide bonds. The van der Waals surface area contributed by atoms with Crippen LogP contribution in [0.1, 0.15) is 23.1 Å². The molecule has 1 aliphatic rings. The van der Waals surface area contributed by atoms with Gasteiger partial charge in [0.1, 0.15) is 23.3 Å². The van der Waals surface area contributed by atoms with Crippen LogP contribution >= 0.6 is 0 Å². The smallest absolute Gasteiger partial charge is 0.420 e. The van der Waals surface area contributed by atoms with Gasteiger partial charge in [-0.25, -0.2) is 19.3 Å². The van der Waals surface area contributed by atoms with Gasteiger partial charge in [0.25, 0.3) is 0 Å². The van der Waals surface area contributed by atoms with Gasteiger partial charge in [0.05, 0.1) is 24.5 Å². The quantitative estimate of drug-likeness (QED) is 0.357. The first-order valence-corrected chi connectivity index (χ1v) is 11.1. The SMILES string of the molecule is Cc1nc2cc(F)c(-c3cnc(N4CC(O)(C(F)(F)F)C4)nc3)cn2c1[C@H](O)c1ccccc1OC(F)F. The van der Waals surface area contributed by atoms with E-state index in [0.29, 0.717) is 5.69 Å². The number of ether oxygens (including phenoxy) is 1. The summed E-state index contributed by atoms with van der Waals surface area (Å²) in [5.41, 5.74) is -2.02. The highest BCUT2D eigenvalue weighted by Gasteiger charge is 2.61. The summed E-state index contributed by atoms with van der Waals surface area (Å²) in [5.74, 6) is -1.02. The van der Waals surface area contributed by atoms with E-state index in [2.05, 4.69) is 19.7 Å². The van der Waals surface area contributed by atoms with E-state index >= 15 is 4.39 Å². The molecule has 200 valence electrons. The monoisotopic (exact) mass is 539 g/mol. The highest BCUT2D eigenvalue weighted by Crippen LogP contribution is 2.39. The number of hydrogen-bond donors (Lipinski definition) is 2. The molecule has 1 fully saturated rings. The fourth-order valence-electron chi connectivity index (χ4n) is 4.33. The molecule has 4 heterocycles. The summed E-state index contributed by atoms with van der Waals surface area (Å²) in [7, 11) is 0. The van der Waals surface area contributed by atoms with E-state index in [4.69, 9.17) is 0 Å². The van der Waals surface area contributed by atoms with Crippen molar-refractivity contribution in [2.75, 3.05) is 18.0 Å². The van der Waals surface area contributed by atoms with E-state index < -0.39 is 43.4 Å². The van der Waals surface area contributed by atoms with Gasteiger partial charge in [0.15, 0.2) is 5.60 Å². The van der Waals surface area contributed by atoms with E-state index in [1.165, 1.54) is 47.3 Å². The Morgan fingerprint density at radius 1 is 1.11 bits per heavy atom. The number of β-amino-alcohol motifs (C(OH)–C–C–N with tert-alkyl or cyclic N) is 1. The summed E-state index contributed by atoms with van der Waals surface area (Å²) in [5, 5.41) is 20.7. The maximum atomic E-state index is 15.0. The number of alkyl halides is 5. The number of aryl methyl sites for hydroxylation is 1. The van der Waals surface area contributed by atoms with Crippen molar-refractivity contribution in [2.24, 2.45) is 0 Å². The van der Waals surface area contributed by atoms with E-state index in [1.54, 1.807) is 6.92 Å². The molecule has 14 heteroatoms. The van der Waals surface area contributed by atoms with Crippen LogP contribution in [0.4, 0.5) is 32.3 Å². The van der Waals surface area contributed by atoms with Crippen LogP contribution in [-0.2, 0) is 0 Å². The minimum absolute atomic E-state index is 0.0116. The van der Waals surface area contributed by atoms with Crippen LogP contribution in [-0.4, -0.2) is 61.0 Å². The van der Waals surface area contributed by atoms with Crippen molar-refractivity contribution in [3.63, 3.8) is 0 Å². The zero-order chi connectivity index (χ0) is 27.4. The van der Waals surface area contributed by atoms with Crippen molar-refractivity contribution >= 4 is 11.6 Å². The molecule has 0 radical (unpaired) electrons. The Labute approximate surface area is 210 Å². The van der Waals surface area contributed by atoms with Crippen LogP contribution in [0, 0.1) is 12.7 Å². The molecule has 0 unspecified atom stereocenters. The maximum absolute atomic E-state index is 15.0. The van der Waals surface area contributed by atoms with Gasteiger partial charge in [-0.3, -0.25) is 4.40 Å². The van der Waals surface area contributed by atoms with Crippen LogP contribution in [0.3, 0.4) is 0 Å². The van der Waals surface area contributed by atoms with Crippen LogP contribution in [0.2, 0.25) is 0 Å². The molecule has 0 saturated carbocycles. The molecule has 0 spiro atoms. The van der Waals surface area contributed by atoms with Crippen molar-refractivity contribution in [3.8, 4) is 16.9 Å². The molecule has 0 bridgehead atoms. The molecular weight excluding hydrogens is 520 g/mol. The summed E-state index contributed by atoms with van der Waals surface area (Å²) >= 11 is 0. The van der Waals surface area contributed by atoms with E-state index in [0.717, 1.165) is 11.0 Å². The van der Waals surface area contributed by atoms with Crippen molar-refractivity contribution in [1.29, 1.82) is 0 Å². The van der Waals surface area contributed by atoms with Gasteiger partial charge >= 0.3 is 12.8 Å². The Kier molecular flexibility index (Phi) is 6.18. The van der Waals surface area contributed by atoms with Crippen molar-refractivity contribution in [3.05, 3.63) is 71.7 Å². The lowest BCUT2D eigenvalue weighted by Gasteiger charge is -2.46. The minimum Gasteiger partial charge on any atom is -0.434 e. The molecular formula is C24H19F6N5O3. The number of aliphatic hydroxyl groups excluding tert-OH is 1. The molecule has 5 rings (SSSR count). The summed E-state index contributed by atoms with van der Waals surface area (Å²) in [4.78, 5) is 13.4. The Bertz CT molecular complexity index is 1490. The minimum atomic E-state index is -4.79. The van der Waals surface area contributed by atoms with Crippen molar-refractivity contribution < 1.29 is 41.3 Å². The van der Waals surface area contributed by atoms with E-state index in [-0.39, 0.29) is 39.7 Å². The van der Waals surface area contributed by atoms with E-state index in [1.807, 2.05) is 0 Å². The third-order valence-corrected chi connectivity index (χ3v) is 6.28. The summed E-state index contributed by atoms with van der Waals surface area (Å²) < 4.78 is 85.3. The highest BCUT2D eigenvalue weighted by atomic mass is 19.4. The number of nitrogens with zero attached hydrogens (tertiary/aromatic N) is 5. The molecule has 0 aliphatic carbocycles. The molecule has 1 aromatic carbocycles. The van der Waals surface area contributed by atoms with Crippen LogP contribution in [0.25, 0.3) is 16.8 Å². The molecule has 1 atom stereocenters. The van der Waals surface area contributed by atoms with Gasteiger partial charge < -0.3 is 19.8 Å². The largest absolute Gasteiger partial charge is 0.434 e. The zero-order valence-electron chi connectivity index (χ0n) is 19.5. The number of rotatable bonds is 6. The summed E-state index contributed by atoms with van der Waals surface area (Å²) in [6.45, 7) is -3.02. The Hall–Kier alpha value is -3.91. The van der Waals surface area contributed by atoms with Gasteiger partial charge in [0, 0.05) is 41.3 Å². The lowest BCUT2D eigenvalue weighted by molar-refractivity contribution is -0.267. The second-order valence-electron chi connectivity index (χ2n) is 8.82. The lowest BCUT2D eigenvalue weighted by atomic mass is 9.94. The topological polar surface area (TPSA) is 96.0 Å². The normalized spacial score (nSPS) is 16.1. The first-order valence-electron chi connectivity index (χ1n) is 11.1. The maximum Gasteiger partial charge on any atom is 0.420 e. The third kappa shape index (κ3) is 4.39. The van der Waals surface area contributed by atoms with Gasteiger partial charge in [-0.1, -0.05) is 18.2 Å². The first kappa shape index (κ1) is 25.7. The molecule has 1 aliphatic heterocycles. The van der Waals surface area contributed by atoms with Gasteiger partial charge in [-0.2, -0.15) is 22.0 Å². The van der Waals surface area contributed by atoms with Crippen molar-refractivity contribution in [1.82, 2.24) is 19.4 Å². The fraction of sp³-hybridized carbons (Fsp3) is 0.292. The molecule has 38 heavy (non-hydrogen) atoms. The number of anilines is 1. The highest BCUT2D eigenvalue weighted by molar-refractivity contribution is 5.65. The summed E-state index contributed by atoms with van der Waals surface area (Å²) in [6.07, 6.45) is -2.51. The van der Waals surface area contributed by atoms with Crippen LogP contribution in [0.5, 0.6) is 5.75 Å². The molecule has 8 nitrogen and oxygen atoms in total. The number of hydrogen-bond acceptors (Lipinski definition) is 7. The standard InChI is InChI=1S/C24H19F6N5O3/c1-12-19(20(36)14-4-2-3-5-17(14)38-21(26)27)35-9-15(16(25)6-18(35)33-12)13-7-31-22(32-8-13)34-10-23(37,11-34)24(28,29)30/h2-9,20-21,36-37H,10-11H2,1H3/t20-/m1/s1. The van der Waals surface area contributed by atoms with Crippen LogP contribution in [0.15, 0.2) is 48.9 Å². The number of halogens is 6. The second-order valence-corrected chi connectivity index (χ2v) is 8.82. The molecule has 2 N–H and O–H groups in total. The number of aromatic nitrogens is 4. The Morgan fingerprint density at radius 3 is 2.39 bits per heavy atom. The van der Waals surface area contributed by atoms with Crippen molar-refractivity contribution in [2.45, 2.75) is 31.4 Å². The number of imidazole rings is 1. The number of fused-ring (bicyclic) bond motifs is 1. The summed E-state index contributed by atoms with van der Waals surface area (Å²) in [6, 6.07) is 6.80. The lowest BCUT2D eigenvalue weighted by Crippen LogP contribution is -2.69. The van der Waals surface area contributed by atoms with Gasteiger partial charge in [-0.05, 0) is 13.0 Å². The molecule has 1 saturated heterocycles. The predicted molar refractivity (Wildman–Crippen MR) is 121 cm³/mol. The fourth-order valence-corrected chi connectivity index (χ4v) is 4.33. The number of benzene rings is 1. The molecule has 3 aromatic heterocycles. The average molecular weight is 539 g/mol. The van der Waals surface area contributed by atoms with E-state index in [9.17, 15) is 32.2 Å². The van der Waals surface area contributed by atoms with Crippen LogP contribution < -0.4 is 9.64 Å². The Morgan fingerprint density at radius 2 is 1.76 bits per heavy atom. The second kappa shape index (κ2) is 9.13. The zero-order valence-corrected chi connectivity index (χ0v) is 19.5. The molecule has 4 aromatic rings. The number of pyridine rings is 1. The Balaban J connectivity index is 1.48. The third-order valence-electron chi connectivity index (χ3n) is 6.28.